The van der Waals surface area contributed by atoms with E-state index in [-0.39, 0.29) is 39.9 Å². The first-order chi connectivity index (χ1) is 17.7. The summed E-state index contributed by atoms with van der Waals surface area (Å²) in [6.07, 6.45) is -2.43. The number of carboxylic acids is 1. The van der Waals surface area contributed by atoms with Crippen LogP contribution in [0.4, 0.5) is 18.9 Å². The second kappa shape index (κ2) is 11.7. The molecule has 0 bridgehead atoms. The zero-order valence-electron chi connectivity index (χ0n) is 20.5. The lowest BCUT2D eigenvalue weighted by Crippen LogP contribution is -2.34. The molecule has 3 rings (SSSR count). The summed E-state index contributed by atoms with van der Waals surface area (Å²) in [4.78, 5) is 14.8. The van der Waals surface area contributed by atoms with Gasteiger partial charge >= 0.3 is 12.1 Å². The zero-order chi connectivity index (χ0) is 28.3. The van der Waals surface area contributed by atoms with Crippen LogP contribution < -0.4 is 9.04 Å². The monoisotopic (exact) mass is 588 g/mol. The van der Waals surface area contributed by atoms with Gasteiger partial charge in [-0.25, -0.2) is 9.78 Å². The first-order valence-electron chi connectivity index (χ1n) is 11.2. The van der Waals surface area contributed by atoms with Crippen LogP contribution in [-0.4, -0.2) is 31.0 Å². The van der Waals surface area contributed by atoms with Gasteiger partial charge in [-0.2, -0.15) is 21.6 Å². The number of aromatic nitrogens is 1. The summed E-state index contributed by atoms with van der Waals surface area (Å²) in [7, 11) is -4.21. The third-order valence-electron chi connectivity index (χ3n) is 5.07. The lowest BCUT2D eigenvalue weighted by atomic mass is 10.1. The van der Waals surface area contributed by atoms with Crippen molar-refractivity contribution in [3.05, 3.63) is 75.3 Å². The highest BCUT2D eigenvalue weighted by Crippen LogP contribution is 2.40. The third kappa shape index (κ3) is 7.27. The van der Waals surface area contributed by atoms with Gasteiger partial charge in [0, 0.05) is 34.3 Å². The Hall–Kier alpha value is -3.09. The predicted octanol–water partition coefficient (Wildman–Crippen LogP) is 6.65. The van der Waals surface area contributed by atoms with Crippen LogP contribution in [0, 0.1) is 12.8 Å². The van der Waals surface area contributed by atoms with Crippen molar-refractivity contribution in [3.63, 3.8) is 0 Å². The Morgan fingerprint density at radius 1 is 1.24 bits per heavy atom. The van der Waals surface area contributed by atoms with Gasteiger partial charge in [-0.15, -0.1) is 11.3 Å². The fourth-order valence-corrected chi connectivity index (χ4v) is 6.34. The summed E-state index contributed by atoms with van der Waals surface area (Å²) in [6.45, 7) is 4.89. The van der Waals surface area contributed by atoms with Crippen molar-refractivity contribution in [2.45, 2.75) is 37.9 Å². The van der Waals surface area contributed by atoms with E-state index in [1.54, 1.807) is 32.2 Å². The first-order valence-corrected chi connectivity index (χ1v) is 13.9. The van der Waals surface area contributed by atoms with Crippen molar-refractivity contribution >= 4 is 50.7 Å². The Morgan fingerprint density at radius 3 is 2.50 bits per heavy atom. The second-order valence-corrected chi connectivity index (χ2v) is 12.0. The molecular formula is C25H24ClF3N2O5S2. The number of aryl methyl sites for hydroxylation is 1. The summed E-state index contributed by atoms with van der Waals surface area (Å²) < 4.78 is 74.3. The molecule has 3 aromatic rings. The van der Waals surface area contributed by atoms with Gasteiger partial charge < -0.3 is 9.84 Å². The number of halogens is 4. The molecule has 13 heteroatoms. The number of nitrogens with zero attached hydrogens (tertiary/aromatic N) is 2. The van der Waals surface area contributed by atoms with Crippen LogP contribution in [0.5, 0.6) is 5.75 Å². The van der Waals surface area contributed by atoms with Crippen LogP contribution in [0.3, 0.4) is 0 Å². The SMILES string of the molecule is Cc1csc(S(=O)(=O)N(CC(C)C)c2ccc(C(F)(F)F)cc2OCc2ccc(/C=C/C(=O)O)cc2Cl)n1. The van der Waals surface area contributed by atoms with Gasteiger partial charge in [0.15, 0.2) is 0 Å². The van der Waals surface area contributed by atoms with Crippen LogP contribution in [0.2, 0.25) is 5.02 Å². The minimum absolute atomic E-state index is 0.0337. The smallest absolute Gasteiger partial charge is 0.416 e. The quantitative estimate of drug-likeness (QED) is 0.266. The Morgan fingerprint density at radius 2 is 1.95 bits per heavy atom. The zero-order valence-corrected chi connectivity index (χ0v) is 22.9. The normalized spacial score (nSPS) is 12.3. The molecule has 0 spiro atoms. The molecular weight excluding hydrogens is 565 g/mol. The van der Waals surface area contributed by atoms with Gasteiger partial charge in [-0.3, -0.25) is 4.31 Å². The summed E-state index contributed by atoms with van der Waals surface area (Å²) >= 11 is 7.20. The number of hydrogen-bond donors (Lipinski definition) is 1. The molecule has 1 heterocycles. The van der Waals surface area contributed by atoms with Crippen molar-refractivity contribution in [1.29, 1.82) is 0 Å². The van der Waals surface area contributed by atoms with E-state index in [9.17, 15) is 26.4 Å². The van der Waals surface area contributed by atoms with Crippen molar-refractivity contribution in [1.82, 2.24) is 4.98 Å². The minimum Gasteiger partial charge on any atom is -0.487 e. The van der Waals surface area contributed by atoms with Crippen LogP contribution in [0.25, 0.3) is 6.08 Å². The number of ether oxygens (including phenoxy) is 1. The molecule has 2 aromatic carbocycles. The van der Waals surface area contributed by atoms with Crippen LogP contribution in [0.15, 0.2) is 52.2 Å². The van der Waals surface area contributed by atoms with E-state index >= 15 is 0 Å². The molecule has 204 valence electrons. The van der Waals surface area contributed by atoms with Gasteiger partial charge in [0.1, 0.15) is 12.4 Å². The number of anilines is 1. The van der Waals surface area contributed by atoms with Crippen molar-refractivity contribution in [2.75, 3.05) is 10.8 Å². The highest BCUT2D eigenvalue weighted by molar-refractivity contribution is 7.94. The van der Waals surface area contributed by atoms with Gasteiger partial charge in [0.05, 0.1) is 11.3 Å². The number of aliphatic carboxylic acids is 1. The van der Waals surface area contributed by atoms with E-state index in [0.717, 1.165) is 39.9 Å². The van der Waals surface area contributed by atoms with E-state index < -0.39 is 27.7 Å². The fourth-order valence-electron chi connectivity index (χ4n) is 3.32. The number of thiazole rings is 1. The molecule has 0 aliphatic rings. The Balaban J connectivity index is 2.04. The second-order valence-electron chi connectivity index (χ2n) is 8.68. The van der Waals surface area contributed by atoms with Gasteiger partial charge in [0.25, 0.3) is 10.0 Å². The van der Waals surface area contributed by atoms with Crippen LogP contribution in [-0.2, 0) is 27.6 Å². The molecule has 0 atom stereocenters. The maximum Gasteiger partial charge on any atom is 0.416 e. The molecule has 0 unspecified atom stereocenters. The molecule has 0 aliphatic heterocycles. The number of rotatable bonds is 10. The summed E-state index contributed by atoms with van der Waals surface area (Å²) in [5.41, 5.74) is 0.309. The number of carboxylic acid groups (broad SMARTS) is 1. The van der Waals surface area contributed by atoms with Crippen molar-refractivity contribution in [2.24, 2.45) is 5.92 Å². The average Bonchev–Trinajstić information content (AvgIpc) is 3.27. The van der Waals surface area contributed by atoms with Gasteiger partial charge in [-0.05, 0) is 48.7 Å². The molecule has 0 saturated heterocycles. The topological polar surface area (TPSA) is 96.8 Å². The highest BCUT2D eigenvalue weighted by Gasteiger charge is 2.35. The molecule has 0 aliphatic carbocycles. The summed E-state index contributed by atoms with van der Waals surface area (Å²) in [6, 6.07) is 7.21. The summed E-state index contributed by atoms with van der Waals surface area (Å²) in [5.74, 6) is -1.62. The van der Waals surface area contributed by atoms with E-state index in [2.05, 4.69) is 4.98 Å². The molecule has 1 N–H and O–H groups in total. The lowest BCUT2D eigenvalue weighted by Gasteiger charge is -2.27. The number of carbonyl (C=O) groups is 1. The number of benzene rings is 2. The van der Waals surface area contributed by atoms with Crippen LogP contribution in [0.1, 0.15) is 36.2 Å². The molecule has 0 saturated carbocycles. The first kappa shape index (κ1) is 29.5. The molecule has 1 aromatic heterocycles. The molecule has 7 nitrogen and oxygen atoms in total. The molecule has 0 radical (unpaired) electrons. The Labute approximate surface area is 227 Å². The number of alkyl halides is 3. The Kier molecular flexibility index (Phi) is 9.11. The molecule has 0 fully saturated rings. The standard InChI is InChI=1S/C25H24ClF3N2O5S2/c1-15(2)12-31(38(34,35)24-30-16(3)14-37-24)21-8-7-19(25(27,28)29)11-22(21)36-13-18-6-4-17(10-20(18)26)5-9-23(32)33/h4-11,14-15H,12-13H2,1-3H3,(H,32,33)/b9-5+. The van der Waals surface area contributed by atoms with E-state index in [1.165, 1.54) is 18.2 Å². The summed E-state index contributed by atoms with van der Waals surface area (Å²) in [5, 5.41) is 10.5. The Bertz CT molecular complexity index is 1450. The molecule has 38 heavy (non-hydrogen) atoms. The number of hydrogen-bond acceptors (Lipinski definition) is 6. The van der Waals surface area contributed by atoms with Crippen LogP contribution >= 0.6 is 22.9 Å². The van der Waals surface area contributed by atoms with Gasteiger partial charge in [0.2, 0.25) is 4.34 Å². The van der Waals surface area contributed by atoms with Gasteiger partial charge in [-0.1, -0.05) is 37.6 Å². The maximum atomic E-state index is 13.5. The lowest BCUT2D eigenvalue weighted by molar-refractivity contribution is -0.137. The number of sulfonamides is 1. The minimum atomic E-state index is -4.69. The van der Waals surface area contributed by atoms with Crippen molar-refractivity contribution < 1.29 is 36.2 Å². The van der Waals surface area contributed by atoms with E-state index in [4.69, 9.17) is 21.4 Å². The average molecular weight is 589 g/mol. The predicted molar refractivity (Wildman–Crippen MR) is 140 cm³/mol. The third-order valence-corrected chi connectivity index (χ3v) is 8.56. The largest absolute Gasteiger partial charge is 0.487 e. The molecule has 0 amide bonds. The highest BCUT2D eigenvalue weighted by atomic mass is 35.5. The maximum absolute atomic E-state index is 13.5. The van der Waals surface area contributed by atoms with E-state index in [1.807, 2.05) is 0 Å². The fraction of sp³-hybridized carbons (Fsp3) is 0.280. The van der Waals surface area contributed by atoms with E-state index in [0.29, 0.717) is 16.8 Å². The van der Waals surface area contributed by atoms with Crippen molar-refractivity contribution in [3.8, 4) is 5.75 Å².